The number of aromatic nitrogens is 2. The van der Waals surface area contributed by atoms with E-state index < -0.39 is 0 Å². The van der Waals surface area contributed by atoms with Crippen LogP contribution in [0.3, 0.4) is 0 Å². The summed E-state index contributed by atoms with van der Waals surface area (Å²) in [6.45, 7) is 0.649. The Morgan fingerprint density at radius 1 is 1.41 bits per heavy atom. The number of hydrogen-bond donors (Lipinski definition) is 1. The fourth-order valence-electron chi connectivity index (χ4n) is 2.74. The first-order valence-corrected chi connectivity index (χ1v) is 6.14. The zero-order valence-corrected chi connectivity index (χ0v) is 9.94. The van der Waals surface area contributed by atoms with E-state index in [1.165, 1.54) is 12.8 Å². The number of nitrogens with zero attached hydrogens (tertiary/aromatic N) is 3. The SMILES string of the molecule is CNc1ncc2c(n1)CN(C1CCCC1)C2=O. The molecule has 90 valence electrons. The predicted octanol–water partition coefficient (Wildman–Crippen LogP) is 1.42. The van der Waals surface area contributed by atoms with Gasteiger partial charge in [0, 0.05) is 19.3 Å². The van der Waals surface area contributed by atoms with E-state index in [0.717, 1.165) is 18.5 Å². The van der Waals surface area contributed by atoms with Gasteiger partial charge in [0.15, 0.2) is 0 Å². The lowest BCUT2D eigenvalue weighted by Gasteiger charge is -2.22. The van der Waals surface area contributed by atoms with Crippen molar-refractivity contribution in [3.8, 4) is 0 Å². The maximum Gasteiger partial charge on any atom is 0.257 e. The lowest BCUT2D eigenvalue weighted by Crippen LogP contribution is -2.33. The molecule has 1 aromatic heterocycles. The zero-order valence-electron chi connectivity index (χ0n) is 9.94. The minimum atomic E-state index is 0.106. The van der Waals surface area contributed by atoms with E-state index in [4.69, 9.17) is 0 Å². The summed E-state index contributed by atoms with van der Waals surface area (Å²) >= 11 is 0. The van der Waals surface area contributed by atoms with Gasteiger partial charge in [0.05, 0.1) is 17.8 Å². The van der Waals surface area contributed by atoms with Gasteiger partial charge < -0.3 is 10.2 Å². The maximum atomic E-state index is 12.2. The normalized spacial score (nSPS) is 19.8. The van der Waals surface area contributed by atoms with Gasteiger partial charge in [-0.05, 0) is 12.8 Å². The molecule has 1 saturated carbocycles. The van der Waals surface area contributed by atoms with Crippen LogP contribution in [0.25, 0.3) is 0 Å². The Hall–Kier alpha value is -1.65. The monoisotopic (exact) mass is 232 g/mol. The second kappa shape index (κ2) is 3.98. The Morgan fingerprint density at radius 3 is 2.88 bits per heavy atom. The minimum Gasteiger partial charge on any atom is -0.357 e. The van der Waals surface area contributed by atoms with E-state index in [1.54, 1.807) is 13.2 Å². The highest BCUT2D eigenvalue weighted by atomic mass is 16.2. The molecule has 0 spiro atoms. The Morgan fingerprint density at radius 2 is 2.18 bits per heavy atom. The van der Waals surface area contributed by atoms with Gasteiger partial charge in [0.25, 0.3) is 5.91 Å². The lowest BCUT2D eigenvalue weighted by atomic mass is 10.2. The summed E-state index contributed by atoms with van der Waals surface area (Å²) in [6, 6.07) is 0.412. The van der Waals surface area contributed by atoms with Gasteiger partial charge in [0.1, 0.15) is 0 Å². The van der Waals surface area contributed by atoms with E-state index in [2.05, 4.69) is 15.3 Å². The molecule has 5 heteroatoms. The molecule has 1 aliphatic carbocycles. The molecule has 1 amide bonds. The van der Waals surface area contributed by atoms with Crippen LogP contribution in [0.15, 0.2) is 6.20 Å². The van der Waals surface area contributed by atoms with Crippen molar-refractivity contribution in [3.05, 3.63) is 17.5 Å². The average molecular weight is 232 g/mol. The summed E-state index contributed by atoms with van der Waals surface area (Å²) in [5.74, 6) is 0.694. The van der Waals surface area contributed by atoms with E-state index in [1.807, 2.05) is 4.90 Å². The molecule has 0 bridgehead atoms. The molecule has 0 unspecified atom stereocenters. The molecule has 1 N–H and O–H groups in total. The van der Waals surface area contributed by atoms with Gasteiger partial charge in [-0.2, -0.15) is 0 Å². The zero-order chi connectivity index (χ0) is 11.8. The summed E-state index contributed by atoms with van der Waals surface area (Å²) < 4.78 is 0. The Balaban J connectivity index is 1.88. The van der Waals surface area contributed by atoms with Crippen molar-refractivity contribution in [2.24, 2.45) is 0 Å². The number of carbonyl (C=O) groups excluding carboxylic acids is 1. The molecular weight excluding hydrogens is 216 g/mol. The summed E-state index contributed by atoms with van der Waals surface area (Å²) in [6.07, 6.45) is 6.38. The van der Waals surface area contributed by atoms with Crippen LogP contribution in [0.1, 0.15) is 41.7 Å². The number of carbonyl (C=O) groups is 1. The number of nitrogens with one attached hydrogen (secondary N) is 1. The third kappa shape index (κ3) is 1.66. The summed E-state index contributed by atoms with van der Waals surface area (Å²) in [5, 5.41) is 2.90. The van der Waals surface area contributed by atoms with Crippen molar-refractivity contribution >= 4 is 11.9 Å². The van der Waals surface area contributed by atoms with Crippen molar-refractivity contribution in [2.45, 2.75) is 38.3 Å². The third-order valence-electron chi connectivity index (χ3n) is 3.67. The van der Waals surface area contributed by atoms with Gasteiger partial charge in [-0.1, -0.05) is 12.8 Å². The fraction of sp³-hybridized carbons (Fsp3) is 0.583. The van der Waals surface area contributed by atoms with Gasteiger partial charge in [-0.25, -0.2) is 9.97 Å². The number of amides is 1. The second-order valence-corrected chi connectivity index (χ2v) is 4.68. The molecule has 1 fully saturated rings. The molecule has 2 heterocycles. The fourth-order valence-corrected chi connectivity index (χ4v) is 2.74. The molecule has 5 nitrogen and oxygen atoms in total. The van der Waals surface area contributed by atoms with Crippen LogP contribution < -0.4 is 5.32 Å². The largest absolute Gasteiger partial charge is 0.357 e. The standard InChI is InChI=1S/C12H16N4O/c1-13-12-14-6-9-10(15-12)7-16(11(9)17)8-4-2-3-5-8/h6,8H,2-5,7H2,1H3,(H,13,14,15). The summed E-state index contributed by atoms with van der Waals surface area (Å²) in [5.41, 5.74) is 1.54. The second-order valence-electron chi connectivity index (χ2n) is 4.68. The minimum absolute atomic E-state index is 0.106. The molecule has 17 heavy (non-hydrogen) atoms. The molecular formula is C12H16N4O. The number of rotatable bonds is 2. The Labute approximate surface area is 100 Å². The van der Waals surface area contributed by atoms with Crippen LogP contribution in [0, 0.1) is 0 Å². The summed E-state index contributed by atoms with van der Waals surface area (Å²) in [4.78, 5) is 22.6. The number of fused-ring (bicyclic) bond motifs is 1. The van der Waals surface area contributed by atoms with Crippen molar-refractivity contribution in [2.75, 3.05) is 12.4 Å². The van der Waals surface area contributed by atoms with Crippen molar-refractivity contribution in [1.29, 1.82) is 0 Å². The number of anilines is 1. The number of hydrogen-bond acceptors (Lipinski definition) is 4. The van der Waals surface area contributed by atoms with Crippen molar-refractivity contribution < 1.29 is 4.79 Å². The van der Waals surface area contributed by atoms with Crippen molar-refractivity contribution in [3.63, 3.8) is 0 Å². The topological polar surface area (TPSA) is 58.1 Å². The van der Waals surface area contributed by atoms with Crippen LogP contribution in [0.4, 0.5) is 5.95 Å². The van der Waals surface area contributed by atoms with E-state index in [0.29, 0.717) is 24.1 Å². The molecule has 1 aliphatic heterocycles. The highest BCUT2D eigenvalue weighted by molar-refractivity contribution is 5.97. The Kier molecular flexibility index (Phi) is 2.46. The summed E-state index contributed by atoms with van der Waals surface area (Å²) in [7, 11) is 1.78. The molecule has 0 atom stereocenters. The van der Waals surface area contributed by atoms with Crippen LogP contribution in [-0.2, 0) is 6.54 Å². The van der Waals surface area contributed by atoms with Crippen LogP contribution >= 0.6 is 0 Å². The molecule has 2 aliphatic rings. The highest BCUT2D eigenvalue weighted by Gasteiger charge is 2.35. The van der Waals surface area contributed by atoms with E-state index in [9.17, 15) is 4.79 Å². The third-order valence-corrected chi connectivity index (χ3v) is 3.67. The highest BCUT2D eigenvalue weighted by Crippen LogP contribution is 2.30. The predicted molar refractivity (Wildman–Crippen MR) is 63.7 cm³/mol. The van der Waals surface area contributed by atoms with Gasteiger partial charge in [-0.15, -0.1) is 0 Å². The molecule has 3 rings (SSSR count). The quantitative estimate of drug-likeness (QED) is 0.837. The molecule has 0 radical (unpaired) electrons. The molecule has 0 aromatic carbocycles. The van der Waals surface area contributed by atoms with Crippen LogP contribution in [0.2, 0.25) is 0 Å². The molecule has 1 aromatic rings. The average Bonchev–Trinajstić information content (AvgIpc) is 2.97. The Bertz CT molecular complexity index is 454. The van der Waals surface area contributed by atoms with Gasteiger partial charge in [0.2, 0.25) is 5.95 Å². The first-order chi connectivity index (χ1) is 8.29. The first kappa shape index (κ1) is 10.5. The van der Waals surface area contributed by atoms with Crippen LogP contribution in [0.5, 0.6) is 0 Å². The molecule has 0 saturated heterocycles. The van der Waals surface area contributed by atoms with Crippen LogP contribution in [-0.4, -0.2) is 33.9 Å². The maximum absolute atomic E-state index is 12.2. The van der Waals surface area contributed by atoms with E-state index >= 15 is 0 Å². The lowest BCUT2D eigenvalue weighted by molar-refractivity contribution is 0.0706. The van der Waals surface area contributed by atoms with Gasteiger partial charge >= 0.3 is 0 Å². The first-order valence-electron chi connectivity index (χ1n) is 6.14. The van der Waals surface area contributed by atoms with Gasteiger partial charge in [-0.3, -0.25) is 4.79 Å². The van der Waals surface area contributed by atoms with Crippen molar-refractivity contribution in [1.82, 2.24) is 14.9 Å². The smallest absolute Gasteiger partial charge is 0.257 e. The van der Waals surface area contributed by atoms with E-state index in [-0.39, 0.29) is 5.91 Å².